The fraction of sp³-hybridized carbons (Fsp3) is 0.632. The predicted molar refractivity (Wildman–Crippen MR) is 101 cm³/mol. The van der Waals surface area contributed by atoms with Gasteiger partial charge in [0.1, 0.15) is 0 Å². The van der Waals surface area contributed by atoms with Crippen LogP contribution in [-0.4, -0.2) is 37.2 Å². The van der Waals surface area contributed by atoms with Crippen LogP contribution in [0.25, 0.3) is 0 Å². The third kappa shape index (κ3) is 9.95. The molecule has 0 aromatic heterocycles. The molecule has 3 N–H and O–H groups in total. The molecule has 4 nitrogen and oxygen atoms in total. The molecule has 1 rings (SSSR count). The molecule has 0 heterocycles. The number of nitrogens with one attached hydrogen (secondary N) is 3. The molecule has 0 saturated carbocycles. The fourth-order valence-electron chi connectivity index (χ4n) is 2.25. The molecule has 0 aliphatic carbocycles. The van der Waals surface area contributed by atoms with E-state index in [9.17, 15) is 0 Å². The van der Waals surface area contributed by atoms with Crippen molar-refractivity contribution in [3.63, 3.8) is 0 Å². The average molecular weight is 319 g/mol. The maximum Gasteiger partial charge on any atom is 0.191 e. The minimum atomic E-state index is 0.143. The lowest BCUT2D eigenvalue weighted by molar-refractivity contribution is 0.432. The summed E-state index contributed by atoms with van der Waals surface area (Å²) in [6.07, 6.45) is 2.18. The molecule has 1 atom stereocenters. The lowest BCUT2D eigenvalue weighted by atomic mass is 10.1. The SMILES string of the molecule is CCNC(=NCCNC(C)(C)C)NC(C)CCc1ccccc1. The van der Waals surface area contributed by atoms with E-state index < -0.39 is 0 Å². The van der Waals surface area contributed by atoms with Gasteiger partial charge >= 0.3 is 0 Å². The van der Waals surface area contributed by atoms with Gasteiger partial charge in [0, 0.05) is 24.7 Å². The fourth-order valence-corrected chi connectivity index (χ4v) is 2.25. The van der Waals surface area contributed by atoms with Crippen molar-refractivity contribution < 1.29 is 0 Å². The van der Waals surface area contributed by atoms with E-state index in [0.29, 0.717) is 6.04 Å². The van der Waals surface area contributed by atoms with Crippen LogP contribution >= 0.6 is 0 Å². The van der Waals surface area contributed by atoms with E-state index in [4.69, 9.17) is 0 Å². The molecule has 0 aliphatic rings. The second kappa shape index (κ2) is 10.3. The maximum atomic E-state index is 4.64. The summed E-state index contributed by atoms with van der Waals surface area (Å²) in [7, 11) is 0. The topological polar surface area (TPSA) is 48.5 Å². The van der Waals surface area contributed by atoms with Crippen LogP contribution < -0.4 is 16.0 Å². The normalized spacial score (nSPS) is 13.7. The number of aryl methyl sites for hydroxylation is 1. The van der Waals surface area contributed by atoms with Crippen molar-refractivity contribution in [3.8, 4) is 0 Å². The molecule has 0 radical (unpaired) electrons. The van der Waals surface area contributed by atoms with Gasteiger partial charge in [-0.15, -0.1) is 0 Å². The summed E-state index contributed by atoms with van der Waals surface area (Å²) < 4.78 is 0. The molecule has 4 heteroatoms. The number of hydrogen-bond donors (Lipinski definition) is 3. The molecular formula is C19H34N4. The summed E-state index contributed by atoms with van der Waals surface area (Å²) in [6, 6.07) is 11.0. The Morgan fingerprint density at radius 2 is 1.87 bits per heavy atom. The molecule has 1 unspecified atom stereocenters. The number of guanidine groups is 1. The second-order valence-electron chi connectivity index (χ2n) is 7.01. The molecule has 1 aromatic rings. The van der Waals surface area contributed by atoms with Crippen LogP contribution in [0.4, 0.5) is 0 Å². The highest BCUT2D eigenvalue weighted by atomic mass is 15.2. The quantitative estimate of drug-likeness (QED) is 0.392. The first-order valence-corrected chi connectivity index (χ1v) is 8.74. The summed E-state index contributed by atoms with van der Waals surface area (Å²) in [4.78, 5) is 4.64. The van der Waals surface area contributed by atoms with Crippen LogP contribution in [-0.2, 0) is 6.42 Å². The number of nitrogens with zero attached hydrogens (tertiary/aromatic N) is 1. The Labute approximate surface area is 142 Å². The third-order valence-corrected chi connectivity index (χ3v) is 3.47. The Hall–Kier alpha value is -1.55. The molecular weight excluding hydrogens is 284 g/mol. The van der Waals surface area contributed by atoms with Crippen molar-refractivity contribution >= 4 is 5.96 Å². The van der Waals surface area contributed by atoms with Gasteiger partial charge in [0.05, 0.1) is 6.54 Å². The van der Waals surface area contributed by atoms with E-state index in [-0.39, 0.29) is 5.54 Å². The van der Waals surface area contributed by atoms with Gasteiger partial charge in [-0.25, -0.2) is 0 Å². The first-order valence-electron chi connectivity index (χ1n) is 8.74. The van der Waals surface area contributed by atoms with Crippen LogP contribution in [0.15, 0.2) is 35.3 Å². The molecule has 23 heavy (non-hydrogen) atoms. The van der Waals surface area contributed by atoms with E-state index in [2.05, 4.69) is 85.9 Å². The van der Waals surface area contributed by atoms with Gasteiger partial charge in [0.2, 0.25) is 0 Å². The largest absolute Gasteiger partial charge is 0.357 e. The first-order chi connectivity index (χ1) is 10.9. The van der Waals surface area contributed by atoms with Gasteiger partial charge in [0.15, 0.2) is 5.96 Å². The zero-order valence-corrected chi connectivity index (χ0v) is 15.4. The van der Waals surface area contributed by atoms with Crippen LogP contribution in [0.1, 0.15) is 46.6 Å². The van der Waals surface area contributed by atoms with Gasteiger partial charge in [-0.1, -0.05) is 30.3 Å². The molecule has 0 spiro atoms. The van der Waals surface area contributed by atoms with Crippen molar-refractivity contribution in [1.29, 1.82) is 0 Å². The van der Waals surface area contributed by atoms with Gasteiger partial charge in [0.25, 0.3) is 0 Å². The maximum absolute atomic E-state index is 4.64. The van der Waals surface area contributed by atoms with Gasteiger partial charge in [-0.2, -0.15) is 0 Å². The van der Waals surface area contributed by atoms with Gasteiger partial charge in [-0.3, -0.25) is 4.99 Å². The summed E-state index contributed by atoms with van der Waals surface area (Å²) in [6.45, 7) is 13.4. The lowest BCUT2D eigenvalue weighted by Gasteiger charge is -2.20. The molecule has 1 aromatic carbocycles. The Kier molecular flexibility index (Phi) is 8.70. The van der Waals surface area contributed by atoms with E-state index >= 15 is 0 Å². The second-order valence-corrected chi connectivity index (χ2v) is 7.01. The van der Waals surface area contributed by atoms with Crippen molar-refractivity contribution in [2.24, 2.45) is 4.99 Å². The third-order valence-electron chi connectivity index (χ3n) is 3.47. The summed E-state index contributed by atoms with van der Waals surface area (Å²) in [5, 5.41) is 10.3. The molecule has 0 amide bonds. The van der Waals surface area contributed by atoms with E-state index in [1.54, 1.807) is 0 Å². The van der Waals surface area contributed by atoms with Crippen LogP contribution in [0.2, 0.25) is 0 Å². The van der Waals surface area contributed by atoms with E-state index in [0.717, 1.165) is 38.4 Å². The molecule has 0 aliphatic heterocycles. The average Bonchev–Trinajstić information content (AvgIpc) is 2.50. The predicted octanol–water partition coefficient (Wildman–Crippen LogP) is 2.95. The highest BCUT2D eigenvalue weighted by molar-refractivity contribution is 5.80. The number of rotatable bonds is 8. The van der Waals surface area contributed by atoms with Gasteiger partial charge in [-0.05, 0) is 53.0 Å². The zero-order valence-electron chi connectivity index (χ0n) is 15.4. The van der Waals surface area contributed by atoms with E-state index in [1.165, 1.54) is 5.56 Å². The smallest absolute Gasteiger partial charge is 0.191 e. The Morgan fingerprint density at radius 3 is 2.48 bits per heavy atom. The molecule has 0 fully saturated rings. The summed E-state index contributed by atoms with van der Waals surface area (Å²) in [5.74, 6) is 0.906. The Balaban J connectivity index is 2.38. The highest BCUT2D eigenvalue weighted by Crippen LogP contribution is 2.04. The minimum Gasteiger partial charge on any atom is -0.357 e. The number of benzene rings is 1. The first kappa shape index (κ1) is 19.5. The van der Waals surface area contributed by atoms with Crippen LogP contribution in [0.3, 0.4) is 0 Å². The standard InChI is InChI=1S/C19H34N4/c1-6-20-18(21-14-15-22-19(3,4)5)23-16(2)12-13-17-10-8-7-9-11-17/h7-11,16,22H,6,12-15H2,1-5H3,(H2,20,21,23). The van der Waals surface area contributed by atoms with Crippen molar-refractivity contribution in [2.75, 3.05) is 19.6 Å². The Bertz CT molecular complexity index is 448. The summed E-state index contributed by atoms with van der Waals surface area (Å²) in [5.41, 5.74) is 1.53. The number of aliphatic imine (C=N–C) groups is 1. The van der Waals surface area contributed by atoms with Crippen LogP contribution in [0, 0.1) is 0 Å². The van der Waals surface area contributed by atoms with Gasteiger partial charge < -0.3 is 16.0 Å². The minimum absolute atomic E-state index is 0.143. The summed E-state index contributed by atoms with van der Waals surface area (Å²) >= 11 is 0. The Morgan fingerprint density at radius 1 is 1.17 bits per heavy atom. The molecule has 130 valence electrons. The number of hydrogen-bond acceptors (Lipinski definition) is 2. The molecule has 0 bridgehead atoms. The highest BCUT2D eigenvalue weighted by Gasteiger charge is 2.08. The van der Waals surface area contributed by atoms with Crippen molar-refractivity contribution in [1.82, 2.24) is 16.0 Å². The zero-order chi connectivity index (χ0) is 17.1. The van der Waals surface area contributed by atoms with Crippen molar-refractivity contribution in [3.05, 3.63) is 35.9 Å². The van der Waals surface area contributed by atoms with Crippen molar-refractivity contribution in [2.45, 2.75) is 59.0 Å². The monoisotopic (exact) mass is 318 g/mol. The lowest BCUT2D eigenvalue weighted by Crippen LogP contribution is -2.43. The van der Waals surface area contributed by atoms with E-state index in [1.807, 2.05) is 0 Å². The van der Waals surface area contributed by atoms with Crippen LogP contribution in [0.5, 0.6) is 0 Å². The molecule has 0 saturated heterocycles.